The first-order valence-electron chi connectivity index (χ1n) is 7.53. The number of likely N-dealkylation sites (N-methyl/N-ethyl adjacent to an activating group) is 1. The van der Waals surface area contributed by atoms with Gasteiger partial charge in [0.25, 0.3) is 5.91 Å². The van der Waals surface area contributed by atoms with Gasteiger partial charge in [-0.2, -0.15) is 0 Å². The van der Waals surface area contributed by atoms with E-state index in [2.05, 4.69) is 0 Å². The molecule has 5 heteroatoms. The number of rotatable bonds is 2. The molecule has 0 aliphatic carbocycles. The average molecular weight is 328 g/mol. The van der Waals surface area contributed by atoms with Crippen molar-refractivity contribution in [3.8, 4) is 0 Å². The minimum absolute atomic E-state index is 0.0272. The Morgan fingerprint density at radius 1 is 1.22 bits per heavy atom. The van der Waals surface area contributed by atoms with Gasteiger partial charge in [0.2, 0.25) is 0 Å². The molecule has 2 aromatic rings. The highest BCUT2D eigenvalue weighted by Crippen LogP contribution is 2.31. The fourth-order valence-corrected chi connectivity index (χ4v) is 3.02. The Bertz CT molecular complexity index is 801. The maximum Gasteiger partial charge on any atom is 0.251 e. The number of anilines is 2. The van der Waals surface area contributed by atoms with Crippen molar-refractivity contribution < 1.29 is 4.79 Å². The van der Waals surface area contributed by atoms with Crippen molar-refractivity contribution >= 4 is 34.6 Å². The number of carbonyl (C=O) groups excluding carboxylic acids is 1. The SMILES string of the molecule is CCC1N=C(c2ccccc2Cl)c2cc(N)ccc2N(C)C1=O. The fourth-order valence-electron chi connectivity index (χ4n) is 2.79. The summed E-state index contributed by atoms with van der Waals surface area (Å²) in [7, 11) is 1.77. The van der Waals surface area contributed by atoms with E-state index in [-0.39, 0.29) is 5.91 Å². The molecule has 4 nitrogen and oxygen atoms in total. The Labute approximate surface area is 140 Å². The molecule has 1 atom stereocenters. The van der Waals surface area contributed by atoms with Crippen LogP contribution in [0.15, 0.2) is 47.5 Å². The van der Waals surface area contributed by atoms with E-state index in [4.69, 9.17) is 22.3 Å². The van der Waals surface area contributed by atoms with Crippen LogP contribution in [-0.4, -0.2) is 24.7 Å². The van der Waals surface area contributed by atoms with E-state index in [1.165, 1.54) is 0 Å². The highest BCUT2D eigenvalue weighted by molar-refractivity contribution is 6.36. The van der Waals surface area contributed by atoms with Crippen LogP contribution in [0.25, 0.3) is 0 Å². The zero-order chi connectivity index (χ0) is 16.6. The Morgan fingerprint density at radius 3 is 2.65 bits per heavy atom. The normalized spacial score (nSPS) is 17.5. The third-order valence-corrected chi connectivity index (χ3v) is 4.38. The van der Waals surface area contributed by atoms with Crippen LogP contribution in [0.3, 0.4) is 0 Å². The molecule has 0 spiro atoms. The van der Waals surface area contributed by atoms with Gasteiger partial charge in [0.05, 0.1) is 11.4 Å². The van der Waals surface area contributed by atoms with E-state index in [0.717, 1.165) is 16.8 Å². The molecule has 118 valence electrons. The quantitative estimate of drug-likeness (QED) is 0.858. The zero-order valence-electron chi connectivity index (χ0n) is 13.1. The second-order valence-corrected chi connectivity index (χ2v) is 5.96. The summed E-state index contributed by atoms with van der Waals surface area (Å²) in [5.74, 6) is -0.0272. The summed E-state index contributed by atoms with van der Waals surface area (Å²) in [5.41, 5.74) is 9.72. The lowest BCUT2D eigenvalue weighted by atomic mass is 9.99. The topological polar surface area (TPSA) is 58.7 Å². The minimum Gasteiger partial charge on any atom is -0.399 e. The number of aliphatic imine (C=N–C) groups is 1. The van der Waals surface area contributed by atoms with Gasteiger partial charge >= 0.3 is 0 Å². The van der Waals surface area contributed by atoms with Crippen molar-refractivity contribution in [3.05, 3.63) is 58.6 Å². The van der Waals surface area contributed by atoms with Crippen molar-refractivity contribution in [2.75, 3.05) is 17.7 Å². The molecular formula is C18H18ClN3O. The van der Waals surface area contributed by atoms with Crippen LogP contribution in [0.1, 0.15) is 24.5 Å². The van der Waals surface area contributed by atoms with Crippen LogP contribution in [0.2, 0.25) is 5.02 Å². The third kappa shape index (κ3) is 2.70. The van der Waals surface area contributed by atoms with Crippen molar-refractivity contribution in [1.29, 1.82) is 0 Å². The average Bonchev–Trinajstić information content (AvgIpc) is 2.65. The minimum atomic E-state index is -0.431. The molecule has 1 aliphatic rings. The van der Waals surface area contributed by atoms with Crippen LogP contribution in [0.4, 0.5) is 11.4 Å². The first-order valence-corrected chi connectivity index (χ1v) is 7.91. The molecule has 0 aromatic heterocycles. The van der Waals surface area contributed by atoms with Gasteiger partial charge < -0.3 is 10.6 Å². The first-order chi connectivity index (χ1) is 11.0. The number of nitrogens with two attached hydrogens (primary N) is 1. The number of nitrogen functional groups attached to an aromatic ring is 1. The smallest absolute Gasteiger partial charge is 0.251 e. The van der Waals surface area contributed by atoms with Crippen molar-refractivity contribution in [2.45, 2.75) is 19.4 Å². The summed E-state index contributed by atoms with van der Waals surface area (Å²) in [6.45, 7) is 1.95. The first kappa shape index (κ1) is 15.6. The summed E-state index contributed by atoms with van der Waals surface area (Å²) in [6.07, 6.45) is 0.626. The van der Waals surface area contributed by atoms with E-state index in [1.54, 1.807) is 18.0 Å². The number of benzodiazepines with no additional fused rings is 1. The molecule has 0 saturated heterocycles. The number of halogens is 1. The lowest BCUT2D eigenvalue weighted by molar-refractivity contribution is -0.119. The Morgan fingerprint density at radius 2 is 1.96 bits per heavy atom. The molecule has 0 fully saturated rings. The number of fused-ring (bicyclic) bond motifs is 1. The van der Waals surface area contributed by atoms with E-state index in [9.17, 15) is 4.79 Å². The lowest BCUT2D eigenvalue weighted by Crippen LogP contribution is -2.34. The van der Waals surface area contributed by atoms with Crippen LogP contribution in [0.5, 0.6) is 0 Å². The predicted molar refractivity (Wildman–Crippen MR) is 95.4 cm³/mol. The highest BCUT2D eigenvalue weighted by atomic mass is 35.5. The van der Waals surface area contributed by atoms with E-state index >= 15 is 0 Å². The molecule has 23 heavy (non-hydrogen) atoms. The number of carbonyl (C=O) groups is 1. The van der Waals surface area contributed by atoms with Gasteiger partial charge in [0.1, 0.15) is 6.04 Å². The van der Waals surface area contributed by atoms with Crippen molar-refractivity contribution in [2.24, 2.45) is 4.99 Å². The van der Waals surface area contributed by atoms with Crippen LogP contribution in [-0.2, 0) is 4.79 Å². The standard InChI is InChI=1S/C18H18ClN3O/c1-3-15-18(23)22(2)16-9-8-11(20)10-13(16)17(21-15)12-6-4-5-7-14(12)19/h4-10,15H,3,20H2,1-2H3. The molecular weight excluding hydrogens is 310 g/mol. The van der Waals surface area contributed by atoms with Crippen molar-refractivity contribution in [3.63, 3.8) is 0 Å². The molecule has 1 aliphatic heterocycles. The molecule has 1 amide bonds. The number of hydrogen-bond acceptors (Lipinski definition) is 3. The molecule has 3 rings (SSSR count). The van der Waals surface area contributed by atoms with Gasteiger partial charge in [0.15, 0.2) is 0 Å². The van der Waals surface area contributed by atoms with Crippen LogP contribution >= 0.6 is 11.6 Å². The Hall–Kier alpha value is -2.33. The summed E-state index contributed by atoms with van der Waals surface area (Å²) < 4.78 is 0. The molecule has 0 radical (unpaired) electrons. The monoisotopic (exact) mass is 327 g/mol. The fraction of sp³-hybridized carbons (Fsp3) is 0.222. The summed E-state index contributed by atoms with van der Waals surface area (Å²) in [6, 6.07) is 12.6. The second kappa shape index (κ2) is 6.05. The molecule has 2 aromatic carbocycles. The molecule has 0 saturated carbocycles. The Kier molecular flexibility index (Phi) is 4.09. The summed E-state index contributed by atoms with van der Waals surface area (Å²) >= 11 is 6.37. The number of nitrogens with zero attached hydrogens (tertiary/aromatic N) is 2. The lowest BCUT2D eigenvalue weighted by Gasteiger charge is -2.20. The summed E-state index contributed by atoms with van der Waals surface area (Å²) in [5, 5.41) is 0.603. The maximum absolute atomic E-state index is 12.6. The largest absolute Gasteiger partial charge is 0.399 e. The Balaban J connectivity index is 2.31. The number of benzene rings is 2. The molecule has 1 heterocycles. The molecule has 2 N–H and O–H groups in total. The number of amides is 1. The summed E-state index contributed by atoms with van der Waals surface area (Å²) in [4.78, 5) is 19.0. The molecule has 0 bridgehead atoms. The van der Waals surface area contributed by atoms with Gasteiger partial charge in [-0.15, -0.1) is 0 Å². The van der Waals surface area contributed by atoms with Crippen LogP contribution in [0, 0.1) is 0 Å². The van der Waals surface area contributed by atoms with E-state index < -0.39 is 6.04 Å². The van der Waals surface area contributed by atoms with Gasteiger partial charge in [-0.05, 0) is 30.7 Å². The van der Waals surface area contributed by atoms with Gasteiger partial charge in [0, 0.05) is 28.9 Å². The van der Waals surface area contributed by atoms with Gasteiger partial charge in [-0.25, -0.2) is 0 Å². The maximum atomic E-state index is 12.6. The zero-order valence-corrected chi connectivity index (χ0v) is 13.8. The second-order valence-electron chi connectivity index (χ2n) is 5.56. The van der Waals surface area contributed by atoms with E-state index in [0.29, 0.717) is 22.8 Å². The highest BCUT2D eigenvalue weighted by Gasteiger charge is 2.29. The molecule has 1 unspecified atom stereocenters. The van der Waals surface area contributed by atoms with Crippen LogP contribution < -0.4 is 10.6 Å². The van der Waals surface area contributed by atoms with Gasteiger partial charge in [-0.3, -0.25) is 9.79 Å². The van der Waals surface area contributed by atoms with Crippen molar-refractivity contribution in [1.82, 2.24) is 0 Å². The van der Waals surface area contributed by atoms with Gasteiger partial charge in [-0.1, -0.05) is 36.7 Å². The predicted octanol–water partition coefficient (Wildman–Crippen LogP) is 3.51. The number of hydrogen-bond donors (Lipinski definition) is 1. The third-order valence-electron chi connectivity index (χ3n) is 4.05. The van der Waals surface area contributed by atoms with E-state index in [1.807, 2.05) is 43.3 Å².